The van der Waals surface area contributed by atoms with Gasteiger partial charge in [0.05, 0.1) is 13.0 Å². The number of fused-ring (bicyclic) bond motifs is 2. The average molecular weight is 360 g/mol. The maximum Gasteiger partial charge on any atom is 0.224 e. The molecule has 0 aliphatic carbocycles. The summed E-state index contributed by atoms with van der Waals surface area (Å²) in [6.45, 7) is 1.14. The van der Waals surface area contributed by atoms with Crippen LogP contribution in [-0.4, -0.2) is 29.1 Å². The van der Waals surface area contributed by atoms with Crippen molar-refractivity contribution in [1.29, 1.82) is 0 Å². The summed E-state index contributed by atoms with van der Waals surface area (Å²) in [5.74, 6) is 1.40. The number of nitrogens with zero attached hydrogens (tertiary/aromatic N) is 2. The van der Waals surface area contributed by atoms with Crippen molar-refractivity contribution in [3.63, 3.8) is 0 Å². The van der Waals surface area contributed by atoms with Gasteiger partial charge in [0.2, 0.25) is 11.8 Å². The number of halogens is 1. The van der Waals surface area contributed by atoms with Crippen LogP contribution in [0.5, 0.6) is 11.5 Å². The average Bonchev–Trinajstić information content (AvgIpc) is 3.03. The van der Waals surface area contributed by atoms with Gasteiger partial charge in [-0.25, -0.2) is 4.98 Å². The second kappa shape index (κ2) is 6.60. The largest absolute Gasteiger partial charge is 0.486 e. The van der Waals surface area contributed by atoms with E-state index in [-0.39, 0.29) is 18.9 Å². The van der Waals surface area contributed by atoms with E-state index in [0.29, 0.717) is 52.4 Å². The van der Waals surface area contributed by atoms with Crippen LogP contribution in [0.25, 0.3) is 11.2 Å². The van der Waals surface area contributed by atoms with Crippen LogP contribution in [0, 0.1) is 0 Å². The quantitative estimate of drug-likeness (QED) is 0.770. The third-order valence-electron chi connectivity index (χ3n) is 3.71. The minimum Gasteiger partial charge on any atom is -0.486 e. The lowest BCUT2D eigenvalue weighted by molar-refractivity contribution is -0.120. The molecule has 0 spiro atoms. The van der Waals surface area contributed by atoms with Crippen LogP contribution in [0.3, 0.4) is 0 Å². The molecule has 1 aliphatic heterocycles. The highest BCUT2D eigenvalue weighted by molar-refractivity contribution is 6.31. The summed E-state index contributed by atoms with van der Waals surface area (Å²) in [5.41, 5.74) is 1.77. The Balaban J connectivity index is 1.42. The fourth-order valence-electron chi connectivity index (χ4n) is 2.54. The van der Waals surface area contributed by atoms with Crippen molar-refractivity contribution in [2.24, 2.45) is 0 Å². The van der Waals surface area contributed by atoms with Crippen molar-refractivity contribution in [3.05, 3.63) is 46.9 Å². The zero-order chi connectivity index (χ0) is 17.2. The Morgan fingerprint density at radius 3 is 2.84 bits per heavy atom. The minimum atomic E-state index is -0.200. The predicted octanol–water partition coefficient (Wildman–Crippen LogP) is 2.51. The topological polar surface area (TPSA) is 86.5 Å². The maximum atomic E-state index is 12.2. The lowest BCUT2D eigenvalue weighted by Gasteiger charge is -2.19. The van der Waals surface area contributed by atoms with Gasteiger partial charge in [-0.05, 0) is 23.8 Å². The van der Waals surface area contributed by atoms with Gasteiger partial charge in [0.15, 0.2) is 22.7 Å². The number of oxazole rings is 1. The van der Waals surface area contributed by atoms with Gasteiger partial charge in [-0.15, -0.1) is 0 Å². The number of hydrogen-bond donors (Lipinski definition) is 1. The number of pyridine rings is 1. The molecular formula is C17H14ClN3O4. The Labute approximate surface area is 147 Å². The van der Waals surface area contributed by atoms with E-state index in [2.05, 4.69) is 15.3 Å². The van der Waals surface area contributed by atoms with Crippen molar-refractivity contribution in [2.75, 3.05) is 13.2 Å². The van der Waals surface area contributed by atoms with Gasteiger partial charge >= 0.3 is 0 Å². The molecule has 0 saturated heterocycles. The summed E-state index contributed by atoms with van der Waals surface area (Å²) < 4.78 is 16.5. The number of hydrogen-bond acceptors (Lipinski definition) is 6. The Bertz CT molecular complexity index is 908. The molecule has 4 rings (SSSR count). The molecule has 0 saturated carbocycles. The first kappa shape index (κ1) is 15.7. The molecule has 25 heavy (non-hydrogen) atoms. The smallest absolute Gasteiger partial charge is 0.224 e. The third kappa shape index (κ3) is 3.36. The number of aromatic nitrogens is 2. The molecule has 2 aromatic heterocycles. The fourth-order valence-corrected chi connectivity index (χ4v) is 2.76. The Hall–Kier alpha value is -2.80. The van der Waals surface area contributed by atoms with Crippen LogP contribution in [0.2, 0.25) is 5.02 Å². The number of nitrogens with one attached hydrogen (secondary N) is 1. The first-order chi connectivity index (χ1) is 12.2. The molecule has 0 bridgehead atoms. The van der Waals surface area contributed by atoms with Crippen LogP contribution in [0.4, 0.5) is 0 Å². The monoisotopic (exact) mass is 359 g/mol. The molecule has 7 nitrogen and oxygen atoms in total. The number of carbonyl (C=O) groups excluding carboxylic acids is 1. The van der Waals surface area contributed by atoms with E-state index in [1.165, 1.54) is 0 Å². The first-order valence-corrected chi connectivity index (χ1v) is 8.12. The number of carbonyl (C=O) groups is 1. The van der Waals surface area contributed by atoms with Crippen molar-refractivity contribution in [2.45, 2.75) is 13.0 Å². The first-order valence-electron chi connectivity index (χ1n) is 7.74. The van der Waals surface area contributed by atoms with Crippen molar-refractivity contribution >= 4 is 28.7 Å². The van der Waals surface area contributed by atoms with Gasteiger partial charge in [-0.2, -0.15) is 4.98 Å². The molecule has 1 N–H and O–H groups in total. The molecule has 3 heterocycles. The molecule has 0 radical (unpaired) electrons. The Morgan fingerprint density at radius 1 is 1.24 bits per heavy atom. The number of ether oxygens (including phenoxy) is 2. The lowest BCUT2D eigenvalue weighted by Crippen LogP contribution is -2.25. The summed E-state index contributed by atoms with van der Waals surface area (Å²) in [5, 5.41) is 3.23. The molecule has 0 fully saturated rings. The Kier molecular flexibility index (Phi) is 4.15. The van der Waals surface area contributed by atoms with Crippen LogP contribution < -0.4 is 14.8 Å². The zero-order valence-corrected chi connectivity index (χ0v) is 13.9. The molecule has 8 heteroatoms. The SMILES string of the molecule is O=C(Cc1cc2c(cc1Cl)OCCO2)NCc1nc2ncccc2o1. The van der Waals surface area contributed by atoms with E-state index in [9.17, 15) is 4.79 Å². The normalized spacial score (nSPS) is 13.0. The number of rotatable bonds is 4. The van der Waals surface area contributed by atoms with Crippen molar-refractivity contribution < 1.29 is 18.7 Å². The summed E-state index contributed by atoms with van der Waals surface area (Å²) >= 11 is 6.22. The Morgan fingerprint density at radius 2 is 2.04 bits per heavy atom. The van der Waals surface area contributed by atoms with Crippen LogP contribution in [0.15, 0.2) is 34.9 Å². The predicted molar refractivity (Wildman–Crippen MR) is 89.8 cm³/mol. The number of amides is 1. The van der Waals surface area contributed by atoms with Gasteiger partial charge in [-0.1, -0.05) is 11.6 Å². The van der Waals surface area contributed by atoms with E-state index in [0.717, 1.165) is 0 Å². The molecule has 0 unspecified atom stereocenters. The summed E-state index contributed by atoms with van der Waals surface area (Å²) in [4.78, 5) is 20.5. The van der Waals surface area contributed by atoms with Crippen LogP contribution in [0.1, 0.15) is 11.5 Å². The standard InChI is InChI=1S/C17H14ClN3O4/c18-11-8-14-13(23-4-5-24-14)6-10(11)7-15(22)20-9-16-21-17-12(25-16)2-1-3-19-17/h1-3,6,8H,4-5,7,9H2,(H,20,22). The third-order valence-corrected chi connectivity index (χ3v) is 4.06. The highest BCUT2D eigenvalue weighted by Gasteiger charge is 2.17. The van der Waals surface area contributed by atoms with E-state index < -0.39 is 0 Å². The zero-order valence-electron chi connectivity index (χ0n) is 13.1. The highest BCUT2D eigenvalue weighted by atomic mass is 35.5. The van der Waals surface area contributed by atoms with E-state index in [4.69, 9.17) is 25.5 Å². The molecule has 0 atom stereocenters. The second-order valence-corrected chi connectivity index (χ2v) is 5.88. The molecule has 1 aromatic carbocycles. The lowest BCUT2D eigenvalue weighted by atomic mass is 10.1. The minimum absolute atomic E-state index is 0.119. The maximum absolute atomic E-state index is 12.2. The number of benzene rings is 1. The van der Waals surface area contributed by atoms with Gasteiger partial charge in [0.25, 0.3) is 0 Å². The van der Waals surface area contributed by atoms with E-state index in [1.807, 2.05) is 0 Å². The van der Waals surface area contributed by atoms with Crippen molar-refractivity contribution in [1.82, 2.24) is 15.3 Å². The van der Waals surface area contributed by atoms with E-state index in [1.54, 1.807) is 30.5 Å². The molecule has 3 aromatic rings. The highest BCUT2D eigenvalue weighted by Crippen LogP contribution is 2.35. The van der Waals surface area contributed by atoms with E-state index >= 15 is 0 Å². The molecular weight excluding hydrogens is 346 g/mol. The van der Waals surface area contributed by atoms with Crippen LogP contribution in [-0.2, 0) is 17.8 Å². The van der Waals surface area contributed by atoms with Crippen molar-refractivity contribution in [3.8, 4) is 11.5 Å². The van der Waals surface area contributed by atoms with Gasteiger partial charge in [0.1, 0.15) is 13.2 Å². The van der Waals surface area contributed by atoms with Gasteiger partial charge in [0, 0.05) is 17.3 Å². The summed E-state index contributed by atoms with van der Waals surface area (Å²) in [7, 11) is 0. The van der Waals surface area contributed by atoms with Gasteiger partial charge in [-0.3, -0.25) is 4.79 Å². The van der Waals surface area contributed by atoms with Crippen LogP contribution >= 0.6 is 11.6 Å². The van der Waals surface area contributed by atoms with Gasteiger partial charge < -0.3 is 19.2 Å². The summed E-state index contributed by atoms with van der Waals surface area (Å²) in [6.07, 6.45) is 1.76. The molecule has 1 aliphatic rings. The molecule has 1 amide bonds. The molecule has 128 valence electrons. The summed E-state index contributed by atoms with van der Waals surface area (Å²) in [6, 6.07) is 6.94. The second-order valence-electron chi connectivity index (χ2n) is 5.47. The fraction of sp³-hybridized carbons (Fsp3) is 0.235.